The van der Waals surface area contributed by atoms with Gasteiger partial charge in [0.1, 0.15) is 11.3 Å². The van der Waals surface area contributed by atoms with Gasteiger partial charge in [0.15, 0.2) is 5.84 Å². The Kier molecular flexibility index (Phi) is 4.32. The molecule has 1 heterocycles. The summed E-state index contributed by atoms with van der Waals surface area (Å²) in [5, 5.41) is 24.7. The Bertz CT molecular complexity index is 551. The van der Waals surface area contributed by atoms with Crippen molar-refractivity contribution < 1.29 is 15.1 Å². The molecule has 7 nitrogen and oxygen atoms in total. The fourth-order valence-electron chi connectivity index (χ4n) is 2.49. The van der Waals surface area contributed by atoms with E-state index < -0.39 is 11.4 Å². The number of nitrogens with one attached hydrogen (secondary N) is 1. The number of likely N-dealkylation sites (tertiary alicyclic amines) is 1. The van der Waals surface area contributed by atoms with Crippen LogP contribution in [0.25, 0.3) is 0 Å². The summed E-state index contributed by atoms with van der Waals surface area (Å²) in [7, 11) is 1.97. The van der Waals surface area contributed by atoms with Crippen molar-refractivity contribution >= 4 is 11.7 Å². The van der Waals surface area contributed by atoms with Gasteiger partial charge in [0.05, 0.1) is 5.56 Å². The molecule has 0 saturated carbocycles. The summed E-state index contributed by atoms with van der Waals surface area (Å²) in [6.45, 7) is 1.44. The van der Waals surface area contributed by atoms with E-state index in [-0.39, 0.29) is 17.1 Å². The second kappa shape index (κ2) is 6.01. The minimum absolute atomic E-state index is 0.0145. The van der Waals surface area contributed by atoms with E-state index in [1.807, 2.05) is 7.05 Å². The van der Waals surface area contributed by atoms with Crippen LogP contribution in [-0.4, -0.2) is 52.6 Å². The normalized spacial score (nSPS) is 19.2. The van der Waals surface area contributed by atoms with Crippen molar-refractivity contribution in [2.24, 2.45) is 10.9 Å². The number of benzene rings is 1. The van der Waals surface area contributed by atoms with Crippen molar-refractivity contribution in [3.05, 3.63) is 29.8 Å². The number of hydrogen-bond donors (Lipinski definition) is 4. The lowest BCUT2D eigenvalue weighted by atomic mass is 9.86. The summed E-state index contributed by atoms with van der Waals surface area (Å²) in [4.78, 5) is 14.5. The summed E-state index contributed by atoms with van der Waals surface area (Å²) in [6.07, 6.45) is 1.08. The minimum atomic E-state index is -0.888. The van der Waals surface area contributed by atoms with Crippen LogP contribution in [0.2, 0.25) is 0 Å². The molecule has 0 aliphatic carbocycles. The van der Waals surface area contributed by atoms with Gasteiger partial charge in [0.2, 0.25) is 0 Å². The lowest BCUT2D eigenvalue weighted by Crippen LogP contribution is -2.62. The third-order valence-corrected chi connectivity index (χ3v) is 3.94. The molecule has 0 spiro atoms. The summed E-state index contributed by atoms with van der Waals surface area (Å²) in [5.41, 5.74) is 5.08. The average molecular weight is 292 g/mol. The van der Waals surface area contributed by atoms with Gasteiger partial charge >= 0.3 is 0 Å². The van der Waals surface area contributed by atoms with E-state index in [1.165, 1.54) is 12.1 Å². The summed E-state index contributed by atoms with van der Waals surface area (Å²) in [6, 6.07) is 6.28. The molecule has 1 fully saturated rings. The van der Waals surface area contributed by atoms with Gasteiger partial charge in [-0.2, -0.15) is 0 Å². The van der Waals surface area contributed by atoms with E-state index in [0.717, 1.165) is 13.1 Å². The molecular formula is C14H20N4O3. The standard InChI is InChI=1S/C14H20N4O3/c1-18-8-6-14(7-9-18,13(15)17-21)16-12(20)10-4-2-3-5-11(10)19/h2-5,19,21H,6-9H2,1H3,(H2,15,17)(H,16,20). The van der Waals surface area contributed by atoms with Crippen LogP contribution in [0.3, 0.4) is 0 Å². The monoisotopic (exact) mass is 292 g/mol. The number of nitrogens with zero attached hydrogens (tertiary/aromatic N) is 2. The molecule has 1 aromatic carbocycles. The molecule has 1 aliphatic heterocycles. The van der Waals surface area contributed by atoms with Crippen LogP contribution in [0.15, 0.2) is 29.4 Å². The van der Waals surface area contributed by atoms with E-state index in [0.29, 0.717) is 12.8 Å². The number of rotatable bonds is 3. The molecule has 21 heavy (non-hydrogen) atoms. The third kappa shape index (κ3) is 3.08. The molecule has 0 radical (unpaired) electrons. The largest absolute Gasteiger partial charge is 0.507 e. The van der Waals surface area contributed by atoms with Crippen LogP contribution in [0.4, 0.5) is 0 Å². The maximum Gasteiger partial charge on any atom is 0.255 e. The maximum atomic E-state index is 12.4. The van der Waals surface area contributed by atoms with E-state index >= 15 is 0 Å². The van der Waals surface area contributed by atoms with Crippen molar-refractivity contribution in [3.63, 3.8) is 0 Å². The zero-order chi connectivity index (χ0) is 15.5. The Balaban J connectivity index is 2.24. The first-order valence-electron chi connectivity index (χ1n) is 6.75. The number of aromatic hydroxyl groups is 1. The summed E-state index contributed by atoms with van der Waals surface area (Å²) < 4.78 is 0. The van der Waals surface area contributed by atoms with Crippen molar-refractivity contribution in [2.75, 3.05) is 20.1 Å². The first-order valence-corrected chi connectivity index (χ1v) is 6.75. The van der Waals surface area contributed by atoms with Crippen LogP contribution in [0.1, 0.15) is 23.2 Å². The van der Waals surface area contributed by atoms with E-state index in [2.05, 4.69) is 15.4 Å². The van der Waals surface area contributed by atoms with Gasteiger partial charge in [-0.05, 0) is 32.0 Å². The quantitative estimate of drug-likeness (QED) is 0.278. The van der Waals surface area contributed by atoms with Crippen LogP contribution in [0, 0.1) is 0 Å². The highest BCUT2D eigenvalue weighted by molar-refractivity contribution is 6.01. The number of nitrogens with two attached hydrogens (primary N) is 1. The van der Waals surface area contributed by atoms with Crippen LogP contribution in [-0.2, 0) is 0 Å². The minimum Gasteiger partial charge on any atom is -0.507 e. The smallest absolute Gasteiger partial charge is 0.255 e. The van der Waals surface area contributed by atoms with Crippen LogP contribution >= 0.6 is 0 Å². The van der Waals surface area contributed by atoms with Crippen molar-refractivity contribution in [2.45, 2.75) is 18.4 Å². The number of amides is 1. The SMILES string of the molecule is CN1CCC(NC(=O)c2ccccc2O)(/C(N)=N/O)CC1. The van der Waals surface area contributed by atoms with Gasteiger partial charge in [-0.1, -0.05) is 17.3 Å². The first kappa shape index (κ1) is 15.1. The molecular weight excluding hydrogens is 272 g/mol. The topological polar surface area (TPSA) is 111 Å². The van der Waals surface area contributed by atoms with Crippen molar-refractivity contribution in [3.8, 4) is 5.75 Å². The Morgan fingerprint density at radius 2 is 2.00 bits per heavy atom. The third-order valence-electron chi connectivity index (χ3n) is 3.94. The Labute approximate surface area is 123 Å². The van der Waals surface area contributed by atoms with Crippen molar-refractivity contribution in [1.29, 1.82) is 0 Å². The van der Waals surface area contributed by atoms with Crippen LogP contribution in [0.5, 0.6) is 5.75 Å². The number of carbonyl (C=O) groups is 1. The predicted octanol–water partition coefficient (Wildman–Crippen LogP) is 0.333. The zero-order valence-electron chi connectivity index (χ0n) is 11.9. The predicted molar refractivity (Wildman–Crippen MR) is 78.4 cm³/mol. The molecule has 5 N–H and O–H groups in total. The number of para-hydroxylation sites is 1. The summed E-state index contributed by atoms with van der Waals surface area (Å²) >= 11 is 0. The van der Waals surface area contributed by atoms with Gasteiger partial charge in [0, 0.05) is 13.1 Å². The number of amidine groups is 1. The molecule has 1 aromatic rings. The molecule has 0 unspecified atom stereocenters. The molecule has 0 bridgehead atoms. The number of phenols is 1. The number of carbonyl (C=O) groups excluding carboxylic acids is 1. The molecule has 7 heteroatoms. The van der Waals surface area contributed by atoms with E-state index in [4.69, 9.17) is 10.9 Å². The van der Waals surface area contributed by atoms with Gasteiger partial charge in [-0.15, -0.1) is 0 Å². The van der Waals surface area contributed by atoms with Crippen LogP contribution < -0.4 is 11.1 Å². The highest BCUT2D eigenvalue weighted by Gasteiger charge is 2.40. The van der Waals surface area contributed by atoms with Gasteiger partial charge < -0.3 is 26.3 Å². The van der Waals surface area contributed by atoms with E-state index in [9.17, 15) is 9.90 Å². The number of hydrogen-bond acceptors (Lipinski definition) is 5. The fourth-order valence-corrected chi connectivity index (χ4v) is 2.49. The Hall–Kier alpha value is -2.28. The lowest BCUT2D eigenvalue weighted by Gasteiger charge is -2.40. The summed E-state index contributed by atoms with van der Waals surface area (Å²) in [5.74, 6) is -0.554. The van der Waals surface area contributed by atoms with Crippen molar-refractivity contribution in [1.82, 2.24) is 10.2 Å². The zero-order valence-corrected chi connectivity index (χ0v) is 11.9. The lowest BCUT2D eigenvalue weighted by molar-refractivity contribution is 0.0883. The molecule has 0 atom stereocenters. The maximum absolute atomic E-state index is 12.4. The molecule has 1 saturated heterocycles. The van der Waals surface area contributed by atoms with E-state index in [1.54, 1.807) is 12.1 Å². The second-order valence-electron chi connectivity index (χ2n) is 5.34. The molecule has 2 rings (SSSR count). The Morgan fingerprint density at radius 1 is 1.38 bits per heavy atom. The fraction of sp³-hybridized carbons (Fsp3) is 0.429. The number of phenolic OH excluding ortho intramolecular Hbond substituents is 1. The highest BCUT2D eigenvalue weighted by Crippen LogP contribution is 2.24. The van der Waals surface area contributed by atoms with Gasteiger partial charge in [-0.3, -0.25) is 4.79 Å². The molecule has 1 amide bonds. The molecule has 114 valence electrons. The Morgan fingerprint density at radius 3 is 2.57 bits per heavy atom. The molecule has 0 aromatic heterocycles. The van der Waals surface area contributed by atoms with Gasteiger partial charge in [-0.25, -0.2) is 0 Å². The highest BCUT2D eigenvalue weighted by atomic mass is 16.4. The van der Waals surface area contributed by atoms with Gasteiger partial charge in [0.25, 0.3) is 5.91 Å². The first-order chi connectivity index (χ1) is 9.98. The number of oxime groups is 1. The average Bonchev–Trinajstić information content (AvgIpc) is 2.49. The molecule has 1 aliphatic rings. The second-order valence-corrected chi connectivity index (χ2v) is 5.34. The number of piperidine rings is 1.